The number of carboxylic acid groups (broad SMARTS) is 1. The zero-order valence-corrected chi connectivity index (χ0v) is 10.3. The molecule has 0 radical (unpaired) electrons. The van der Waals surface area contributed by atoms with Gasteiger partial charge in [-0.2, -0.15) is 0 Å². The molecule has 1 atom stereocenters. The van der Waals surface area contributed by atoms with E-state index in [1.807, 2.05) is 6.92 Å². The van der Waals surface area contributed by atoms with Crippen LogP contribution >= 0.6 is 0 Å². The Hall–Kier alpha value is -1.84. The number of carbonyl (C=O) groups is 2. The Bertz CT molecular complexity index is 449. The third-order valence-electron chi connectivity index (χ3n) is 3.16. The van der Waals surface area contributed by atoms with Crippen LogP contribution in [0.1, 0.15) is 46.9 Å². The van der Waals surface area contributed by atoms with Crippen molar-refractivity contribution < 1.29 is 14.7 Å². The van der Waals surface area contributed by atoms with Crippen LogP contribution in [-0.4, -0.2) is 23.0 Å². The summed E-state index contributed by atoms with van der Waals surface area (Å²) in [5, 5.41) is 11.7. The number of hydrogen-bond donors (Lipinski definition) is 2. The van der Waals surface area contributed by atoms with E-state index in [2.05, 4.69) is 5.32 Å². The minimum atomic E-state index is -0.982. The van der Waals surface area contributed by atoms with E-state index >= 15 is 0 Å². The summed E-state index contributed by atoms with van der Waals surface area (Å²) < 4.78 is 0. The second-order valence-electron chi connectivity index (χ2n) is 4.94. The Kier molecular flexibility index (Phi) is 3.65. The standard InChI is InChI=1S/C14H17NO3/c1-9(8-10-2-3-10)15-13(16)11-4-6-12(7-5-11)14(17)18/h4-7,9-10H,2-3,8H2,1H3,(H,15,16)(H,17,18). The summed E-state index contributed by atoms with van der Waals surface area (Å²) in [6.07, 6.45) is 3.57. The molecule has 0 spiro atoms. The Labute approximate surface area is 106 Å². The van der Waals surface area contributed by atoms with Gasteiger partial charge >= 0.3 is 5.97 Å². The zero-order valence-electron chi connectivity index (χ0n) is 10.3. The molecule has 4 heteroatoms. The Balaban J connectivity index is 1.93. The number of hydrogen-bond acceptors (Lipinski definition) is 2. The highest BCUT2D eigenvalue weighted by molar-refractivity contribution is 5.96. The lowest BCUT2D eigenvalue weighted by molar-refractivity contribution is 0.0696. The minimum Gasteiger partial charge on any atom is -0.478 e. The van der Waals surface area contributed by atoms with Gasteiger partial charge in [-0.3, -0.25) is 4.79 Å². The maximum atomic E-state index is 11.9. The van der Waals surface area contributed by atoms with Gasteiger partial charge in [0.25, 0.3) is 5.91 Å². The van der Waals surface area contributed by atoms with Crippen molar-refractivity contribution in [3.05, 3.63) is 35.4 Å². The van der Waals surface area contributed by atoms with Crippen LogP contribution in [0.25, 0.3) is 0 Å². The van der Waals surface area contributed by atoms with Crippen molar-refractivity contribution in [2.75, 3.05) is 0 Å². The number of benzene rings is 1. The van der Waals surface area contributed by atoms with Gasteiger partial charge in [-0.25, -0.2) is 4.79 Å². The average Bonchev–Trinajstić information content (AvgIpc) is 3.12. The summed E-state index contributed by atoms with van der Waals surface area (Å²) >= 11 is 0. The van der Waals surface area contributed by atoms with Gasteiger partial charge in [-0.15, -0.1) is 0 Å². The van der Waals surface area contributed by atoms with E-state index in [4.69, 9.17) is 5.11 Å². The van der Waals surface area contributed by atoms with Crippen molar-refractivity contribution in [3.63, 3.8) is 0 Å². The second-order valence-corrected chi connectivity index (χ2v) is 4.94. The quantitative estimate of drug-likeness (QED) is 0.839. The molecule has 2 rings (SSSR count). The highest BCUT2D eigenvalue weighted by Crippen LogP contribution is 2.33. The predicted octanol–water partition coefficient (Wildman–Crippen LogP) is 2.30. The Morgan fingerprint density at radius 1 is 1.28 bits per heavy atom. The van der Waals surface area contributed by atoms with E-state index in [-0.39, 0.29) is 17.5 Å². The van der Waals surface area contributed by atoms with Gasteiger partial charge in [0.1, 0.15) is 0 Å². The van der Waals surface area contributed by atoms with E-state index < -0.39 is 5.97 Å². The maximum Gasteiger partial charge on any atom is 0.335 e. The minimum absolute atomic E-state index is 0.139. The highest BCUT2D eigenvalue weighted by atomic mass is 16.4. The van der Waals surface area contributed by atoms with Crippen molar-refractivity contribution >= 4 is 11.9 Å². The summed E-state index contributed by atoms with van der Waals surface area (Å²) in [6, 6.07) is 6.15. The highest BCUT2D eigenvalue weighted by Gasteiger charge is 2.24. The average molecular weight is 247 g/mol. The van der Waals surface area contributed by atoms with E-state index in [0.29, 0.717) is 5.56 Å². The van der Waals surface area contributed by atoms with Gasteiger partial charge < -0.3 is 10.4 Å². The Morgan fingerprint density at radius 2 is 1.83 bits per heavy atom. The van der Waals surface area contributed by atoms with Crippen molar-refractivity contribution in [2.45, 2.75) is 32.2 Å². The molecule has 0 saturated heterocycles. The lowest BCUT2D eigenvalue weighted by Crippen LogP contribution is -2.32. The van der Waals surface area contributed by atoms with Gasteiger partial charge in [0, 0.05) is 11.6 Å². The second kappa shape index (κ2) is 5.21. The first kappa shape index (κ1) is 12.6. The first-order valence-electron chi connectivity index (χ1n) is 6.20. The van der Waals surface area contributed by atoms with Crippen LogP contribution in [0.2, 0.25) is 0 Å². The maximum absolute atomic E-state index is 11.9. The van der Waals surface area contributed by atoms with Crippen molar-refractivity contribution in [2.24, 2.45) is 5.92 Å². The molecule has 1 amide bonds. The molecule has 0 heterocycles. The molecule has 4 nitrogen and oxygen atoms in total. The molecule has 1 aliphatic rings. The zero-order chi connectivity index (χ0) is 13.1. The number of rotatable bonds is 5. The molecular weight excluding hydrogens is 230 g/mol. The van der Waals surface area contributed by atoms with Gasteiger partial charge in [0.15, 0.2) is 0 Å². The molecule has 1 aliphatic carbocycles. The van der Waals surface area contributed by atoms with E-state index in [9.17, 15) is 9.59 Å². The topological polar surface area (TPSA) is 66.4 Å². The molecule has 0 bridgehead atoms. The number of amides is 1. The summed E-state index contributed by atoms with van der Waals surface area (Å²) in [6.45, 7) is 2.00. The largest absolute Gasteiger partial charge is 0.478 e. The predicted molar refractivity (Wildman–Crippen MR) is 67.7 cm³/mol. The summed E-state index contributed by atoms with van der Waals surface area (Å²) in [5.74, 6) is -0.348. The van der Waals surface area contributed by atoms with Crippen molar-refractivity contribution in [1.29, 1.82) is 0 Å². The SMILES string of the molecule is CC(CC1CC1)NC(=O)c1ccc(C(=O)O)cc1. The normalized spacial score (nSPS) is 16.1. The van der Waals surface area contributed by atoms with Crippen LogP contribution in [0, 0.1) is 5.92 Å². The van der Waals surface area contributed by atoms with Crippen LogP contribution in [-0.2, 0) is 0 Å². The Morgan fingerprint density at radius 3 is 2.33 bits per heavy atom. The molecule has 96 valence electrons. The van der Waals surface area contributed by atoms with E-state index in [0.717, 1.165) is 12.3 Å². The fourth-order valence-electron chi connectivity index (χ4n) is 1.98. The number of nitrogens with one attached hydrogen (secondary N) is 1. The molecule has 1 saturated carbocycles. The molecule has 0 aliphatic heterocycles. The fraction of sp³-hybridized carbons (Fsp3) is 0.429. The van der Waals surface area contributed by atoms with E-state index in [1.165, 1.54) is 25.0 Å². The number of carbonyl (C=O) groups excluding carboxylic acids is 1. The van der Waals surface area contributed by atoms with E-state index in [1.54, 1.807) is 12.1 Å². The molecule has 18 heavy (non-hydrogen) atoms. The number of carboxylic acids is 1. The fourth-order valence-corrected chi connectivity index (χ4v) is 1.98. The van der Waals surface area contributed by atoms with Crippen LogP contribution in [0.3, 0.4) is 0 Å². The van der Waals surface area contributed by atoms with Crippen LogP contribution < -0.4 is 5.32 Å². The van der Waals surface area contributed by atoms with Crippen molar-refractivity contribution in [3.8, 4) is 0 Å². The summed E-state index contributed by atoms with van der Waals surface area (Å²) in [7, 11) is 0. The molecule has 0 aromatic heterocycles. The monoisotopic (exact) mass is 247 g/mol. The molecule has 2 N–H and O–H groups in total. The molecular formula is C14H17NO3. The van der Waals surface area contributed by atoms with Crippen molar-refractivity contribution in [1.82, 2.24) is 5.32 Å². The smallest absolute Gasteiger partial charge is 0.335 e. The van der Waals surface area contributed by atoms with Gasteiger partial charge in [0.2, 0.25) is 0 Å². The third kappa shape index (κ3) is 3.32. The first-order valence-corrected chi connectivity index (χ1v) is 6.20. The van der Waals surface area contributed by atoms with Gasteiger partial charge in [0.05, 0.1) is 5.56 Å². The first-order chi connectivity index (χ1) is 8.56. The molecule has 1 unspecified atom stereocenters. The third-order valence-corrected chi connectivity index (χ3v) is 3.16. The lowest BCUT2D eigenvalue weighted by Gasteiger charge is -2.13. The van der Waals surface area contributed by atoms with Crippen LogP contribution in [0.4, 0.5) is 0 Å². The molecule has 1 aromatic carbocycles. The summed E-state index contributed by atoms with van der Waals surface area (Å²) in [5.41, 5.74) is 0.695. The lowest BCUT2D eigenvalue weighted by atomic mass is 10.1. The van der Waals surface area contributed by atoms with Gasteiger partial charge in [-0.1, -0.05) is 12.8 Å². The molecule has 1 fully saturated rings. The van der Waals surface area contributed by atoms with Crippen LogP contribution in [0.15, 0.2) is 24.3 Å². The number of aromatic carboxylic acids is 1. The van der Waals surface area contributed by atoms with Crippen LogP contribution in [0.5, 0.6) is 0 Å². The molecule has 1 aromatic rings. The summed E-state index contributed by atoms with van der Waals surface area (Å²) in [4.78, 5) is 22.6. The van der Waals surface area contributed by atoms with Gasteiger partial charge in [-0.05, 0) is 43.5 Å².